The van der Waals surface area contributed by atoms with Gasteiger partial charge in [-0.2, -0.15) is 23.7 Å². The van der Waals surface area contributed by atoms with Crippen LogP contribution in [0.5, 0.6) is 0 Å². The Kier molecular flexibility index (Phi) is 9.65. The van der Waals surface area contributed by atoms with Crippen LogP contribution < -0.4 is 0 Å². The van der Waals surface area contributed by atoms with Gasteiger partial charge in [0, 0.05) is 27.1 Å². The van der Waals surface area contributed by atoms with Crippen LogP contribution in [0.15, 0.2) is 103 Å². The van der Waals surface area contributed by atoms with Crippen LogP contribution >= 0.6 is 0 Å². The van der Waals surface area contributed by atoms with E-state index in [0.29, 0.717) is 22.5 Å². The third-order valence-corrected chi connectivity index (χ3v) is 12.4. The summed E-state index contributed by atoms with van der Waals surface area (Å²) in [4.78, 5) is 0. The molecule has 0 spiro atoms. The van der Waals surface area contributed by atoms with Crippen molar-refractivity contribution in [1.29, 1.82) is 10.5 Å². The van der Waals surface area contributed by atoms with Crippen molar-refractivity contribution in [2.45, 2.75) is 111 Å². The van der Waals surface area contributed by atoms with Gasteiger partial charge in [-0.3, -0.25) is 0 Å². The van der Waals surface area contributed by atoms with Crippen LogP contribution in [0.25, 0.3) is 66.1 Å². The van der Waals surface area contributed by atoms with Crippen molar-refractivity contribution < 1.29 is 13.2 Å². The Labute approximate surface area is 362 Å². The summed E-state index contributed by atoms with van der Waals surface area (Å²) < 4.78 is 48.6. The number of aromatic nitrogens is 2. The summed E-state index contributed by atoms with van der Waals surface area (Å²) in [7, 11) is 0. The number of nitrogens with zero attached hydrogens (tertiary/aromatic N) is 4. The molecule has 314 valence electrons. The molecule has 62 heavy (non-hydrogen) atoms. The molecule has 6 aromatic carbocycles. The van der Waals surface area contributed by atoms with E-state index in [9.17, 15) is 23.7 Å². The van der Waals surface area contributed by atoms with Crippen LogP contribution in [0.4, 0.5) is 13.2 Å². The van der Waals surface area contributed by atoms with E-state index in [0.717, 1.165) is 78.0 Å². The van der Waals surface area contributed by atoms with E-state index in [-0.39, 0.29) is 32.8 Å². The molecule has 0 atom stereocenters. The fourth-order valence-electron chi connectivity index (χ4n) is 8.70. The molecule has 0 aliphatic rings. The first-order chi connectivity index (χ1) is 28.8. The lowest BCUT2D eigenvalue weighted by Gasteiger charge is -2.23. The first-order valence-electron chi connectivity index (χ1n) is 21.2. The SMILES string of the molecule is CC(C)(C)c1ccc2c3ccc(C(C)(C)C)cc3n(-c3cc(-c4cc(C#N)cc(C(F)(F)F)c4)c(-n4c5cc(C(C)(C)C)ccc5c5ccc(C(C)(C)C)cc54)cc3C#N)c2c1. The standard InChI is InChI=1S/C55H53F3N4/c1-51(2,3)35-13-17-40-41-18-14-36(52(4,5)6)26-48(41)61(47(40)25-35)45-29-44(33-21-32(30-59)22-39(23-33)55(56,57)58)46(24-34(45)31-60)62-49-27-37(53(7,8)9)15-19-42(49)43-20-16-38(28-50(43)62)54(10,11)12/h13-29H,1-12H3. The Balaban J connectivity index is 1.60. The summed E-state index contributed by atoms with van der Waals surface area (Å²) in [6, 6.07) is 37.6. The number of hydrogen-bond acceptors (Lipinski definition) is 2. The average Bonchev–Trinajstić information content (AvgIpc) is 3.69. The monoisotopic (exact) mass is 826 g/mol. The van der Waals surface area contributed by atoms with E-state index < -0.39 is 11.7 Å². The molecule has 0 radical (unpaired) electrons. The van der Waals surface area contributed by atoms with Crippen molar-refractivity contribution in [3.8, 4) is 34.6 Å². The highest BCUT2D eigenvalue weighted by molar-refractivity contribution is 6.12. The van der Waals surface area contributed by atoms with Crippen LogP contribution in [0, 0.1) is 22.7 Å². The highest BCUT2D eigenvalue weighted by atomic mass is 19.4. The first-order valence-corrected chi connectivity index (χ1v) is 21.2. The van der Waals surface area contributed by atoms with Crippen LogP contribution in [0.3, 0.4) is 0 Å². The zero-order valence-electron chi connectivity index (χ0n) is 37.7. The molecule has 0 amide bonds. The molecule has 0 aliphatic carbocycles. The predicted molar refractivity (Wildman–Crippen MR) is 250 cm³/mol. The second-order valence-corrected chi connectivity index (χ2v) is 21.0. The minimum absolute atomic E-state index is 0.111. The molecule has 2 aromatic heterocycles. The quantitative estimate of drug-likeness (QED) is 0.178. The van der Waals surface area contributed by atoms with E-state index in [1.807, 2.05) is 18.2 Å². The molecular formula is C55H53F3N4. The molecule has 8 aromatic rings. The second kappa shape index (κ2) is 14.1. The maximum absolute atomic E-state index is 14.8. The molecule has 0 fully saturated rings. The molecule has 0 saturated heterocycles. The number of hydrogen-bond donors (Lipinski definition) is 0. The summed E-state index contributed by atoms with van der Waals surface area (Å²) in [5, 5.41) is 25.5. The van der Waals surface area contributed by atoms with Crippen LogP contribution in [-0.4, -0.2) is 9.13 Å². The van der Waals surface area contributed by atoms with Crippen molar-refractivity contribution in [3.63, 3.8) is 0 Å². The molecule has 8 rings (SSSR count). The van der Waals surface area contributed by atoms with Gasteiger partial charge < -0.3 is 9.13 Å². The smallest absolute Gasteiger partial charge is 0.309 e. The number of fused-ring (bicyclic) bond motifs is 6. The molecule has 2 heterocycles. The minimum atomic E-state index is -4.72. The maximum Gasteiger partial charge on any atom is 0.416 e. The minimum Gasteiger partial charge on any atom is -0.309 e. The van der Waals surface area contributed by atoms with Gasteiger partial charge in [0.1, 0.15) is 6.07 Å². The van der Waals surface area contributed by atoms with Gasteiger partial charge in [0.15, 0.2) is 0 Å². The molecule has 0 unspecified atom stereocenters. The lowest BCUT2D eigenvalue weighted by atomic mass is 9.86. The lowest BCUT2D eigenvalue weighted by molar-refractivity contribution is -0.137. The van der Waals surface area contributed by atoms with Gasteiger partial charge in [-0.05, 0) is 104 Å². The highest BCUT2D eigenvalue weighted by Gasteiger charge is 2.33. The third-order valence-electron chi connectivity index (χ3n) is 12.4. The second-order valence-electron chi connectivity index (χ2n) is 21.0. The number of nitriles is 2. The van der Waals surface area contributed by atoms with Gasteiger partial charge in [0.25, 0.3) is 0 Å². The molecule has 0 saturated carbocycles. The summed E-state index contributed by atoms with van der Waals surface area (Å²) in [5.74, 6) is 0. The van der Waals surface area contributed by atoms with Gasteiger partial charge in [-0.25, -0.2) is 0 Å². The highest BCUT2D eigenvalue weighted by Crippen LogP contribution is 2.45. The van der Waals surface area contributed by atoms with Crippen LogP contribution in [0.2, 0.25) is 0 Å². The molecule has 7 heteroatoms. The average molecular weight is 827 g/mol. The van der Waals surface area contributed by atoms with Gasteiger partial charge >= 0.3 is 6.18 Å². The van der Waals surface area contributed by atoms with E-state index in [1.54, 1.807) is 0 Å². The summed E-state index contributed by atoms with van der Waals surface area (Å²) in [6.07, 6.45) is -4.72. The largest absolute Gasteiger partial charge is 0.416 e. The van der Waals surface area contributed by atoms with Crippen molar-refractivity contribution in [2.24, 2.45) is 0 Å². The fourth-order valence-corrected chi connectivity index (χ4v) is 8.70. The van der Waals surface area contributed by atoms with Gasteiger partial charge in [0.05, 0.1) is 56.2 Å². The van der Waals surface area contributed by atoms with E-state index in [2.05, 4.69) is 171 Å². The lowest BCUT2D eigenvalue weighted by Crippen LogP contribution is -2.12. The third kappa shape index (κ3) is 7.22. The Hall–Kier alpha value is -6.31. The molecular weight excluding hydrogens is 774 g/mol. The maximum atomic E-state index is 14.8. The van der Waals surface area contributed by atoms with Gasteiger partial charge in [0.2, 0.25) is 0 Å². The zero-order valence-corrected chi connectivity index (χ0v) is 37.7. The van der Waals surface area contributed by atoms with E-state index >= 15 is 0 Å². The van der Waals surface area contributed by atoms with Gasteiger partial charge in [-0.15, -0.1) is 0 Å². The van der Waals surface area contributed by atoms with Crippen LogP contribution in [0.1, 0.15) is 122 Å². The van der Waals surface area contributed by atoms with Crippen LogP contribution in [-0.2, 0) is 27.8 Å². The Morgan fingerprint density at radius 1 is 0.403 bits per heavy atom. The number of halogens is 3. The number of alkyl halides is 3. The predicted octanol–water partition coefficient (Wildman–Crippen LogP) is 15.5. The van der Waals surface area contributed by atoms with E-state index in [1.165, 1.54) is 6.07 Å². The molecule has 0 bridgehead atoms. The van der Waals surface area contributed by atoms with E-state index in [4.69, 9.17) is 0 Å². The normalized spacial score (nSPS) is 13.0. The van der Waals surface area contributed by atoms with Gasteiger partial charge in [-0.1, -0.05) is 132 Å². The Morgan fingerprint density at radius 2 is 0.774 bits per heavy atom. The molecule has 0 N–H and O–H groups in total. The van der Waals surface area contributed by atoms with Crippen molar-refractivity contribution in [2.75, 3.05) is 0 Å². The summed E-state index contributed by atoms with van der Waals surface area (Å²) >= 11 is 0. The van der Waals surface area contributed by atoms with Crippen molar-refractivity contribution in [1.82, 2.24) is 9.13 Å². The topological polar surface area (TPSA) is 57.4 Å². The molecule has 0 aliphatic heterocycles. The zero-order chi connectivity index (χ0) is 45.1. The fraction of sp³-hybridized carbons (Fsp3) is 0.309. The van der Waals surface area contributed by atoms with Crippen molar-refractivity contribution >= 4 is 43.6 Å². The Morgan fingerprint density at radius 3 is 1.10 bits per heavy atom. The number of benzene rings is 6. The molecule has 4 nitrogen and oxygen atoms in total. The Bertz CT molecular complexity index is 3080. The first kappa shape index (κ1) is 42.4. The van der Waals surface area contributed by atoms with Crippen molar-refractivity contribution in [3.05, 3.63) is 142 Å². The summed E-state index contributed by atoms with van der Waals surface area (Å²) in [6.45, 7) is 25.9. The summed E-state index contributed by atoms with van der Waals surface area (Å²) in [5.41, 5.74) is 8.14. The number of rotatable bonds is 3.